The van der Waals surface area contributed by atoms with Crippen LogP contribution in [0.5, 0.6) is 5.88 Å². The first-order valence-electron chi connectivity index (χ1n) is 5.21. The Morgan fingerprint density at radius 1 is 1.33 bits per heavy atom. The van der Waals surface area contributed by atoms with Crippen LogP contribution in [0.25, 0.3) is 0 Å². The fourth-order valence-corrected chi connectivity index (χ4v) is 1.02. The third-order valence-electron chi connectivity index (χ3n) is 2.45. The van der Waals surface area contributed by atoms with Crippen molar-refractivity contribution in [2.24, 2.45) is 0 Å². The molecule has 0 spiro atoms. The molecule has 3 heteroatoms. The Kier molecular flexibility index (Phi) is 4.09. The molecule has 0 atom stereocenters. The molecule has 1 aromatic heterocycles. The molecule has 0 aliphatic rings. The van der Waals surface area contributed by atoms with Gasteiger partial charge in [0.05, 0.1) is 25.0 Å². The van der Waals surface area contributed by atoms with Gasteiger partial charge in [0.15, 0.2) is 0 Å². The number of nitrogens with zero attached hydrogens (tertiary/aromatic N) is 1. The molecule has 1 aromatic rings. The van der Waals surface area contributed by atoms with Crippen molar-refractivity contribution in [3.8, 4) is 5.88 Å². The summed E-state index contributed by atoms with van der Waals surface area (Å²) >= 11 is 0. The fourth-order valence-electron chi connectivity index (χ4n) is 1.02. The van der Waals surface area contributed by atoms with Crippen molar-refractivity contribution in [3.05, 3.63) is 23.9 Å². The maximum atomic E-state index is 5.75. The van der Waals surface area contributed by atoms with E-state index in [1.54, 1.807) is 7.11 Å². The second-order valence-corrected chi connectivity index (χ2v) is 4.07. The van der Waals surface area contributed by atoms with Crippen molar-refractivity contribution in [1.29, 1.82) is 0 Å². The average Bonchev–Trinajstić information content (AvgIpc) is 2.27. The van der Waals surface area contributed by atoms with E-state index in [1.807, 2.05) is 18.2 Å². The van der Waals surface area contributed by atoms with Gasteiger partial charge in [-0.05, 0) is 26.3 Å². The van der Waals surface area contributed by atoms with Crippen LogP contribution in [0.4, 0.5) is 0 Å². The fraction of sp³-hybridized carbons (Fsp3) is 0.583. The molecular weight excluding hydrogens is 190 g/mol. The second-order valence-electron chi connectivity index (χ2n) is 4.07. The van der Waals surface area contributed by atoms with Crippen molar-refractivity contribution in [2.45, 2.75) is 39.4 Å². The molecule has 3 nitrogen and oxygen atoms in total. The highest BCUT2D eigenvalue weighted by Crippen LogP contribution is 2.16. The van der Waals surface area contributed by atoms with Crippen molar-refractivity contribution < 1.29 is 9.47 Å². The van der Waals surface area contributed by atoms with Gasteiger partial charge in [0, 0.05) is 6.07 Å². The molecule has 0 aliphatic heterocycles. The van der Waals surface area contributed by atoms with E-state index in [0.717, 1.165) is 12.1 Å². The zero-order valence-corrected chi connectivity index (χ0v) is 9.91. The minimum atomic E-state index is -0.0925. The highest BCUT2D eigenvalue weighted by molar-refractivity contribution is 5.15. The van der Waals surface area contributed by atoms with Crippen molar-refractivity contribution >= 4 is 0 Å². The molecule has 0 N–H and O–H groups in total. The van der Waals surface area contributed by atoms with E-state index in [2.05, 4.69) is 25.8 Å². The maximum absolute atomic E-state index is 5.75. The number of methoxy groups -OCH3 is 1. The van der Waals surface area contributed by atoms with Crippen LogP contribution in [0.1, 0.15) is 32.9 Å². The normalized spacial score (nSPS) is 11.5. The quantitative estimate of drug-likeness (QED) is 0.747. The van der Waals surface area contributed by atoms with Gasteiger partial charge in [0.25, 0.3) is 0 Å². The van der Waals surface area contributed by atoms with Crippen LogP contribution in [0, 0.1) is 0 Å². The molecule has 84 valence electrons. The van der Waals surface area contributed by atoms with Gasteiger partial charge in [-0.2, -0.15) is 0 Å². The summed E-state index contributed by atoms with van der Waals surface area (Å²) in [6.45, 7) is 6.79. The lowest BCUT2D eigenvalue weighted by molar-refractivity contribution is -0.0331. The third-order valence-corrected chi connectivity index (χ3v) is 2.45. The molecule has 0 radical (unpaired) electrons. The molecule has 0 bridgehead atoms. The Hall–Kier alpha value is -1.09. The molecule has 0 fully saturated rings. The van der Waals surface area contributed by atoms with Crippen molar-refractivity contribution in [2.75, 3.05) is 7.11 Å². The molecule has 0 saturated carbocycles. The molecule has 0 aromatic carbocycles. The largest absolute Gasteiger partial charge is 0.481 e. The Morgan fingerprint density at radius 3 is 2.67 bits per heavy atom. The van der Waals surface area contributed by atoms with E-state index in [-0.39, 0.29) is 5.60 Å². The third kappa shape index (κ3) is 3.88. The number of rotatable bonds is 5. The summed E-state index contributed by atoms with van der Waals surface area (Å²) in [6.07, 6.45) is 0.983. The van der Waals surface area contributed by atoms with Crippen LogP contribution < -0.4 is 4.74 Å². The monoisotopic (exact) mass is 209 g/mol. The first-order chi connectivity index (χ1) is 7.07. The smallest absolute Gasteiger partial charge is 0.213 e. The van der Waals surface area contributed by atoms with Crippen molar-refractivity contribution in [1.82, 2.24) is 4.98 Å². The van der Waals surface area contributed by atoms with E-state index >= 15 is 0 Å². The van der Waals surface area contributed by atoms with Crippen LogP contribution in [0.15, 0.2) is 18.2 Å². The first-order valence-corrected chi connectivity index (χ1v) is 5.21. The Bertz CT molecular complexity index is 310. The SMILES string of the molecule is CCC(C)(C)OCc1cccc(OC)n1. The summed E-state index contributed by atoms with van der Waals surface area (Å²) in [5.41, 5.74) is 0.806. The topological polar surface area (TPSA) is 31.4 Å². The van der Waals surface area contributed by atoms with Crippen LogP contribution in [-0.4, -0.2) is 17.7 Å². The van der Waals surface area contributed by atoms with Gasteiger partial charge in [-0.15, -0.1) is 0 Å². The summed E-state index contributed by atoms with van der Waals surface area (Å²) in [6, 6.07) is 5.69. The molecule has 0 aliphatic carbocycles. The molecule has 15 heavy (non-hydrogen) atoms. The molecular formula is C12H19NO2. The summed E-state index contributed by atoms with van der Waals surface area (Å²) in [7, 11) is 1.61. The lowest BCUT2D eigenvalue weighted by atomic mass is 10.1. The first kappa shape index (κ1) is 12.0. The standard InChI is InChI=1S/C12H19NO2/c1-5-12(2,3)15-9-10-7-6-8-11(13-10)14-4/h6-8H,5,9H2,1-4H3. The lowest BCUT2D eigenvalue weighted by Crippen LogP contribution is -2.22. The minimum absolute atomic E-state index is 0.0925. The summed E-state index contributed by atoms with van der Waals surface area (Å²) in [5.74, 6) is 0.630. The average molecular weight is 209 g/mol. The summed E-state index contributed by atoms with van der Waals surface area (Å²) in [4.78, 5) is 4.28. The number of ether oxygens (including phenoxy) is 2. The molecule has 0 unspecified atom stereocenters. The van der Waals surface area contributed by atoms with E-state index in [0.29, 0.717) is 12.5 Å². The Morgan fingerprint density at radius 2 is 2.07 bits per heavy atom. The molecule has 0 saturated heterocycles. The van der Waals surface area contributed by atoms with Crippen LogP contribution >= 0.6 is 0 Å². The predicted octanol–water partition coefficient (Wildman–Crippen LogP) is 2.80. The van der Waals surface area contributed by atoms with Crippen LogP contribution in [0.3, 0.4) is 0 Å². The number of hydrogen-bond acceptors (Lipinski definition) is 3. The van der Waals surface area contributed by atoms with Crippen LogP contribution in [-0.2, 0) is 11.3 Å². The van der Waals surface area contributed by atoms with Gasteiger partial charge < -0.3 is 9.47 Å². The van der Waals surface area contributed by atoms with Gasteiger partial charge in [-0.3, -0.25) is 0 Å². The van der Waals surface area contributed by atoms with E-state index in [9.17, 15) is 0 Å². The minimum Gasteiger partial charge on any atom is -0.481 e. The van der Waals surface area contributed by atoms with Gasteiger partial charge in [-0.1, -0.05) is 13.0 Å². The highest BCUT2D eigenvalue weighted by Gasteiger charge is 2.15. The van der Waals surface area contributed by atoms with Gasteiger partial charge >= 0.3 is 0 Å². The second kappa shape index (κ2) is 5.12. The number of hydrogen-bond donors (Lipinski definition) is 0. The van der Waals surface area contributed by atoms with Crippen LogP contribution in [0.2, 0.25) is 0 Å². The predicted molar refractivity (Wildman–Crippen MR) is 59.9 cm³/mol. The van der Waals surface area contributed by atoms with Gasteiger partial charge in [0.1, 0.15) is 0 Å². The van der Waals surface area contributed by atoms with Crippen molar-refractivity contribution in [3.63, 3.8) is 0 Å². The van der Waals surface area contributed by atoms with E-state index in [4.69, 9.17) is 9.47 Å². The summed E-state index contributed by atoms with van der Waals surface area (Å²) < 4.78 is 10.8. The zero-order chi connectivity index (χ0) is 11.3. The number of aromatic nitrogens is 1. The summed E-state index contributed by atoms with van der Waals surface area (Å²) in [5, 5.41) is 0. The molecule has 1 heterocycles. The van der Waals surface area contributed by atoms with Gasteiger partial charge in [-0.25, -0.2) is 4.98 Å². The van der Waals surface area contributed by atoms with Gasteiger partial charge in [0.2, 0.25) is 5.88 Å². The maximum Gasteiger partial charge on any atom is 0.213 e. The number of pyridine rings is 1. The Labute approximate surface area is 91.4 Å². The molecule has 1 rings (SSSR count). The lowest BCUT2D eigenvalue weighted by Gasteiger charge is -2.23. The zero-order valence-electron chi connectivity index (χ0n) is 9.91. The highest BCUT2D eigenvalue weighted by atomic mass is 16.5. The van der Waals surface area contributed by atoms with E-state index < -0.39 is 0 Å². The Balaban J connectivity index is 2.57. The van der Waals surface area contributed by atoms with E-state index in [1.165, 1.54) is 0 Å². The molecule has 0 amide bonds.